The van der Waals surface area contributed by atoms with Crippen molar-refractivity contribution >= 4 is 23.0 Å². The standard InChI is InChI=1S/C26H29N3O4/c1-16-23(25(30)33-18-9-5-4-6-10-18)24(17-13-14-21(31-2)22(15-17)32-3)29-20-12-8-7-11-19(20)28-26(29)27-16/h7-8,11-15,18,24H,4-6,9-10H2,1-3H3,(H,27,28). The van der Waals surface area contributed by atoms with Crippen LogP contribution in [0.3, 0.4) is 0 Å². The molecule has 2 aromatic carbocycles. The molecule has 0 saturated heterocycles. The number of nitrogens with one attached hydrogen (secondary N) is 1. The van der Waals surface area contributed by atoms with Crippen molar-refractivity contribution in [2.75, 3.05) is 19.5 Å². The van der Waals surface area contributed by atoms with E-state index in [0.717, 1.165) is 48.0 Å². The topological polar surface area (TPSA) is 74.6 Å². The molecule has 0 bridgehead atoms. The van der Waals surface area contributed by atoms with Crippen molar-refractivity contribution in [3.63, 3.8) is 0 Å². The van der Waals surface area contributed by atoms with E-state index in [4.69, 9.17) is 19.2 Å². The third-order valence-electron chi connectivity index (χ3n) is 6.60. The fraction of sp³-hybridized carbons (Fsp3) is 0.385. The lowest BCUT2D eigenvalue weighted by Crippen LogP contribution is -2.31. The lowest BCUT2D eigenvalue weighted by molar-refractivity contribution is -0.146. The molecule has 1 N–H and O–H groups in total. The van der Waals surface area contributed by atoms with Crippen molar-refractivity contribution in [2.24, 2.45) is 0 Å². The Kier molecular flexibility index (Phi) is 5.70. The predicted molar refractivity (Wildman–Crippen MR) is 127 cm³/mol. The van der Waals surface area contributed by atoms with Gasteiger partial charge in [0.15, 0.2) is 11.5 Å². The SMILES string of the molecule is COc1ccc(C2C(C(=O)OC3CCCCC3)=C(C)Nc3nc4ccccc4n32)cc1OC. The fourth-order valence-corrected chi connectivity index (χ4v) is 4.96. The van der Waals surface area contributed by atoms with E-state index in [-0.39, 0.29) is 12.1 Å². The summed E-state index contributed by atoms with van der Waals surface area (Å²) in [7, 11) is 3.22. The van der Waals surface area contributed by atoms with Crippen LogP contribution in [0, 0.1) is 0 Å². The van der Waals surface area contributed by atoms with Crippen molar-refractivity contribution in [1.29, 1.82) is 0 Å². The summed E-state index contributed by atoms with van der Waals surface area (Å²) < 4.78 is 19.1. The molecule has 1 aliphatic heterocycles. The Labute approximate surface area is 193 Å². The van der Waals surface area contributed by atoms with E-state index in [1.165, 1.54) is 6.42 Å². The number of nitrogens with zero attached hydrogens (tertiary/aromatic N) is 2. The number of aromatic nitrogens is 2. The van der Waals surface area contributed by atoms with E-state index in [0.29, 0.717) is 23.0 Å². The van der Waals surface area contributed by atoms with Gasteiger partial charge in [0, 0.05) is 5.70 Å². The number of methoxy groups -OCH3 is 2. The van der Waals surface area contributed by atoms with Crippen molar-refractivity contribution in [1.82, 2.24) is 9.55 Å². The third kappa shape index (κ3) is 3.81. The molecule has 0 radical (unpaired) electrons. The molecule has 33 heavy (non-hydrogen) atoms. The first kappa shape index (κ1) is 21.4. The van der Waals surface area contributed by atoms with Gasteiger partial charge in [0.25, 0.3) is 0 Å². The highest BCUT2D eigenvalue weighted by Crippen LogP contribution is 2.42. The van der Waals surface area contributed by atoms with Crippen LogP contribution in [-0.2, 0) is 9.53 Å². The van der Waals surface area contributed by atoms with Gasteiger partial charge in [-0.1, -0.05) is 24.6 Å². The van der Waals surface area contributed by atoms with Crippen LogP contribution in [0.1, 0.15) is 50.6 Å². The van der Waals surface area contributed by atoms with Crippen LogP contribution in [-0.4, -0.2) is 35.8 Å². The quantitative estimate of drug-likeness (QED) is 0.541. The molecule has 7 nitrogen and oxygen atoms in total. The first-order valence-corrected chi connectivity index (χ1v) is 11.5. The number of carbonyl (C=O) groups excluding carboxylic acids is 1. The van der Waals surface area contributed by atoms with Crippen molar-refractivity contribution in [2.45, 2.75) is 51.2 Å². The van der Waals surface area contributed by atoms with Crippen LogP contribution in [0.15, 0.2) is 53.7 Å². The summed E-state index contributed by atoms with van der Waals surface area (Å²) in [6.45, 7) is 1.91. The van der Waals surface area contributed by atoms with E-state index in [1.807, 2.05) is 49.4 Å². The lowest BCUT2D eigenvalue weighted by Gasteiger charge is -2.32. The summed E-state index contributed by atoms with van der Waals surface area (Å²) in [6.07, 6.45) is 5.22. The smallest absolute Gasteiger partial charge is 0.338 e. The van der Waals surface area contributed by atoms with Crippen LogP contribution in [0.25, 0.3) is 11.0 Å². The van der Waals surface area contributed by atoms with Crippen LogP contribution in [0.2, 0.25) is 0 Å². The molecule has 172 valence electrons. The second-order valence-electron chi connectivity index (χ2n) is 8.64. The maximum Gasteiger partial charge on any atom is 0.338 e. The molecule has 1 aromatic heterocycles. The van der Waals surface area contributed by atoms with Gasteiger partial charge in [-0.05, 0) is 62.4 Å². The zero-order chi connectivity index (χ0) is 22.9. The Morgan fingerprint density at radius 2 is 1.79 bits per heavy atom. The van der Waals surface area contributed by atoms with E-state index in [9.17, 15) is 4.79 Å². The van der Waals surface area contributed by atoms with Gasteiger partial charge in [-0.2, -0.15) is 0 Å². The molecule has 1 saturated carbocycles. The minimum absolute atomic E-state index is 0.0291. The van der Waals surface area contributed by atoms with Gasteiger partial charge in [0.1, 0.15) is 6.10 Å². The summed E-state index contributed by atoms with van der Waals surface area (Å²) >= 11 is 0. The Morgan fingerprint density at radius 3 is 2.55 bits per heavy atom. The number of para-hydroxylation sites is 2. The molecule has 3 aromatic rings. The highest BCUT2D eigenvalue weighted by molar-refractivity contribution is 5.94. The Hall–Kier alpha value is -3.48. The highest BCUT2D eigenvalue weighted by atomic mass is 16.5. The molecule has 1 unspecified atom stereocenters. The van der Waals surface area contributed by atoms with E-state index >= 15 is 0 Å². The highest BCUT2D eigenvalue weighted by Gasteiger charge is 2.36. The third-order valence-corrected chi connectivity index (χ3v) is 6.60. The van der Waals surface area contributed by atoms with Crippen molar-refractivity contribution in [3.05, 3.63) is 59.3 Å². The number of ether oxygens (including phenoxy) is 3. The average molecular weight is 448 g/mol. The van der Waals surface area contributed by atoms with Gasteiger partial charge in [-0.15, -0.1) is 0 Å². The van der Waals surface area contributed by atoms with E-state index < -0.39 is 6.04 Å². The number of esters is 1. The maximum atomic E-state index is 13.6. The summed E-state index contributed by atoms with van der Waals surface area (Å²) in [6, 6.07) is 13.3. The van der Waals surface area contributed by atoms with E-state index in [2.05, 4.69) is 9.88 Å². The summed E-state index contributed by atoms with van der Waals surface area (Å²) in [5.41, 5.74) is 4.03. The Morgan fingerprint density at radius 1 is 1.03 bits per heavy atom. The van der Waals surface area contributed by atoms with Gasteiger partial charge >= 0.3 is 5.97 Å². The number of imidazole rings is 1. The Bertz CT molecular complexity index is 1220. The normalized spacial score (nSPS) is 18.6. The average Bonchev–Trinajstić information content (AvgIpc) is 3.21. The molecule has 5 rings (SSSR count). The number of carbonyl (C=O) groups is 1. The van der Waals surface area contributed by atoms with Crippen LogP contribution >= 0.6 is 0 Å². The van der Waals surface area contributed by atoms with Gasteiger partial charge in [0.05, 0.1) is 36.9 Å². The largest absolute Gasteiger partial charge is 0.493 e. The zero-order valence-corrected chi connectivity index (χ0v) is 19.3. The number of allylic oxidation sites excluding steroid dienone is 1. The van der Waals surface area contributed by atoms with Gasteiger partial charge in [0.2, 0.25) is 5.95 Å². The van der Waals surface area contributed by atoms with Crippen molar-refractivity contribution < 1.29 is 19.0 Å². The molecular weight excluding hydrogens is 418 g/mol. The first-order valence-electron chi connectivity index (χ1n) is 11.5. The molecule has 0 spiro atoms. The zero-order valence-electron chi connectivity index (χ0n) is 19.3. The summed E-state index contributed by atoms with van der Waals surface area (Å²) in [4.78, 5) is 18.4. The second kappa shape index (κ2) is 8.81. The second-order valence-corrected chi connectivity index (χ2v) is 8.64. The van der Waals surface area contributed by atoms with Crippen molar-refractivity contribution in [3.8, 4) is 11.5 Å². The first-order chi connectivity index (χ1) is 16.1. The lowest BCUT2D eigenvalue weighted by atomic mass is 9.94. The molecule has 7 heteroatoms. The summed E-state index contributed by atoms with van der Waals surface area (Å²) in [5.74, 6) is 1.66. The summed E-state index contributed by atoms with van der Waals surface area (Å²) in [5, 5.41) is 3.34. The molecule has 2 aliphatic rings. The van der Waals surface area contributed by atoms with E-state index in [1.54, 1.807) is 14.2 Å². The predicted octanol–water partition coefficient (Wildman–Crippen LogP) is 5.22. The monoisotopic (exact) mass is 447 g/mol. The number of hydrogen-bond donors (Lipinski definition) is 1. The minimum Gasteiger partial charge on any atom is -0.493 e. The number of rotatable bonds is 5. The molecule has 1 aliphatic carbocycles. The molecule has 0 amide bonds. The molecule has 1 fully saturated rings. The maximum absolute atomic E-state index is 13.6. The number of fused-ring (bicyclic) bond motifs is 3. The van der Waals surface area contributed by atoms with Gasteiger partial charge in [-0.25, -0.2) is 9.78 Å². The Balaban J connectivity index is 1.64. The minimum atomic E-state index is -0.412. The molecule has 2 heterocycles. The molecule has 1 atom stereocenters. The van der Waals surface area contributed by atoms with Crippen LogP contribution in [0.4, 0.5) is 5.95 Å². The number of anilines is 1. The fourth-order valence-electron chi connectivity index (χ4n) is 4.96. The molecular formula is C26H29N3O4. The number of benzene rings is 2. The van der Waals surface area contributed by atoms with Gasteiger partial charge < -0.3 is 19.5 Å². The van der Waals surface area contributed by atoms with Crippen LogP contribution < -0.4 is 14.8 Å². The van der Waals surface area contributed by atoms with Gasteiger partial charge in [-0.3, -0.25) is 4.57 Å². The number of hydrogen-bond acceptors (Lipinski definition) is 6. The van der Waals surface area contributed by atoms with Crippen LogP contribution in [0.5, 0.6) is 11.5 Å².